The average Bonchev–Trinajstić information content (AvgIpc) is 3.11. The molecule has 3 aromatic heterocycles. The number of rotatable bonds is 4. The number of fused-ring (bicyclic) bond motifs is 5. The molecule has 0 spiro atoms. The first kappa shape index (κ1) is 19.1. The van der Waals surface area contributed by atoms with Gasteiger partial charge in [-0.2, -0.15) is 0 Å². The highest BCUT2D eigenvalue weighted by molar-refractivity contribution is 7.19. The van der Waals surface area contributed by atoms with Crippen molar-refractivity contribution in [1.29, 1.82) is 0 Å². The molecule has 1 atom stereocenters. The molecule has 3 heterocycles. The standard InChI is InChI=1S/C20H27N5O2S/c1-11(2)25(12(3)4)16(26)9-24-20(27)23-10-21-19-17(18(23)22-24)14-7-6-13(5)8-15(14)28-19/h10-13H,6-9H2,1-5H3. The Balaban J connectivity index is 1.79. The number of aromatic nitrogens is 4. The fourth-order valence-corrected chi connectivity index (χ4v) is 5.69. The number of hydrogen-bond donors (Lipinski definition) is 0. The van der Waals surface area contributed by atoms with Crippen LogP contribution in [0.4, 0.5) is 0 Å². The van der Waals surface area contributed by atoms with Gasteiger partial charge in [-0.15, -0.1) is 16.4 Å². The summed E-state index contributed by atoms with van der Waals surface area (Å²) in [5.74, 6) is 0.577. The molecule has 0 N–H and O–H groups in total. The van der Waals surface area contributed by atoms with Gasteiger partial charge in [0.05, 0.1) is 5.39 Å². The topological polar surface area (TPSA) is 72.5 Å². The van der Waals surface area contributed by atoms with Crippen molar-refractivity contribution in [2.75, 3.05) is 0 Å². The van der Waals surface area contributed by atoms with Crippen LogP contribution in [0.1, 0.15) is 51.5 Å². The van der Waals surface area contributed by atoms with Crippen molar-refractivity contribution in [1.82, 2.24) is 24.1 Å². The maximum atomic E-state index is 12.9. The van der Waals surface area contributed by atoms with Crippen LogP contribution >= 0.6 is 11.3 Å². The highest BCUT2D eigenvalue weighted by atomic mass is 32.1. The van der Waals surface area contributed by atoms with Gasteiger partial charge in [0.25, 0.3) is 0 Å². The quantitative estimate of drug-likeness (QED) is 0.674. The molecule has 3 aromatic rings. The van der Waals surface area contributed by atoms with Gasteiger partial charge in [0, 0.05) is 17.0 Å². The normalized spacial score (nSPS) is 17.0. The van der Waals surface area contributed by atoms with Crippen molar-refractivity contribution >= 4 is 33.1 Å². The molecule has 0 saturated carbocycles. The van der Waals surface area contributed by atoms with E-state index >= 15 is 0 Å². The van der Waals surface area contributed by atoms with E-state index in [1.54, 1.807) is 22.6 Å². The smallest absolute Gasteiger partial charge is 0.336 e. The lowest BCUT2D eigenvalue weighted by Crippen LogP contribution is -2.44. The Morgan fingerprint density at radius 3 is 2.71 bits per heavy atom. The SMILES string of the molecule is CC1CCc2c(sc3ncn4c(=O)n(CC(=O)N(C(C)C)C(C)C)nc4c23)C1. The minimum absolute atomic E-state index is 0.0538. The summed E-state index contributed by atoms with van der Waals surface area (Å²) < 4.78 is 2.77. The Hall–Kier alpha value is -2.22. The van der Waals surface area contributed by atoms with E-state index in [1.165, 1.54) is 19.5 Å². The van der Waals surface area contributed by atoms with Gasteiger partial charge in [-0.05, 0) is 58.4 Å². The molecule has 4 rings (SSSR count). The van der Waals surface area contributed by atoms with Crippen molar-refractivity contribution in [3.05, 3.63) is 27.3 Å². The lowest BCUT2D eigenvalue weighted by atomic mass is 9.89. The van der Waals surface area contributed by atoms with Gasteiger partial charge in [0.15, 0.2) is 5.65 Å². The van der Waals surface area contributed by atoms with E-state index in [1.807, 2.05) is 27.7 Å². The molecular weight excluding hydrogens is 374 g/mol. The Bertz CT molecular complexity index is 1100. The van der Waals surface area contributed by atoms with Gasteiger partial charge in [0.2, 0.25) is 5.91 Å². The number of carbonyl (C=O) groups excluding carboxylic acids is 1. The van der Waals surface area contributed by atoms with Crippen molar-refractivity contribution in [3.8, 4) is 0 Å². The molecular formula is C20H27N5O2S. The fraction of sp³-hybridized carbons (Fsp3) is 0.600. The molecule has 0 fully saturated rings. The third kappa shape index (κ3) is 3.03. The zero-order chi connectivity index (χ0) is 20.2. The van der Waals surface area contributed by atoms with E-state index in [9.17, 15) is 9.59 Å². The first-order chi connectivity index (χ1) is 13.3. The molecule has 0 aromatic carbocycles. The van der Waals surface area contributed by atoms with E-state index < -0.39 is 0 Å². The van der Waals surface area contributed by atoms with Crippen molar-refractivity contribution in [2.45, 2.75) is 72.5 Å². The molecule has 1 unspecified atom stereocenters. The monoisotopic (exact) mass is 401 g/mol. The van der Waals surface area contributed by atoms with Crippen LogP contribution in [0.5, 0.6) is 0 Å². The molecule has 150 valence electrons. The number of nitrogens with zero attached hydrogens (tertiary/aromatic N) is 5. The van der Waals surface area contributed by atoms with E-state index in [2.05, 4.69) is 17.0 Å². The molecule has 0 aliphatic heterocycles. The average molecular weight is 402 g/mol. The number of carbonyl (C=O) groups is 1. The summed E-state index contributed by atoms with van der Waals surface area (Å²) in [4.78, 5) is 34.3. The van der Waals surface area contributed by atoms with Crippen LogP contribution < -0.4 is 5.69 Å². The maximum Gasteiger partial charge on any atom is 0.352 e. The molecule has 28 heavy (non-hydrogen) atoms. The van der Waals surface area contributed by atoms with Crippen LogP contribution in [0.3, 0.4) is 0 Å². The molecule has 0 saturated heterocycles. The fourth-order valence-electron chi connectivity index (χ4n) is 4.35. The van der Waals surface area contributed by atoms with Crippen molar-refractivity contribution < 1.29 is 4.79 Å². The van der Waals surface area contributed by atoms with Gasteiger partial charge in [-0.25, -0.2) is 18.9 Å². The number of hydrogen-bond acceptors (Lipinski definition) is 5. The summed E-state index contributed by atoms with van der Waals surface area (Å²) in [6, 6.07) is 0.138. The van der Waals surface area contributed by atoms with Crippen LogP contribution in [-0.2, 0) is 24.2 Å². The van der Waals surface area contributed by atoms with Crippen molar-refractivity contribution in [3.63, 3.8) is 0 Å². The largest absolute Gasteiger partial charge is 0.352 e. The Morgan fingerprint density at radius 2 is 2.04 bits per heavy atom. The van der Waals surface area contributed by atoms with Crippen LogP contribution in [0.2, 0.25) is 0 Å². The summed E-state index contributed by atoms with van der Waals surface area (Å²) in [7, 11) is 0. The third-order valence-electron chi connectivity index (χ3n) is 5.56. The van der Waals surface area contributed by atoms with Crippen molar-refractivity contribution in [2.24, 2.45) is 5.92 Å². The first-order valence-corrected chi connectivity index (χ1v) is 10.8. The van der Waals surface area contributed by atoms with Gasteiger partial charge < -0.3 is 4.90 Å². The Labute approximate surface area is 168 Å². The second-order valence-corrected chi connectivity index (χ2v) is 9.48. The number of amides is 1. The second-order valence-electron chi connectivity index (χ2n) is 8.40. The third-order valence-corrected chi connectivity index (χ3v) is 6.73. The summed E-state index contributed by atoms with van der Waals surface area (Å²) in [5, 5.41) is 5.56. The molecule has 1 amide bonds. The second kappa shape index (κ2) is 6.99. The summed E-state index contributed by atoms with van der Waals surface area (Å²) >= 11 is 1.71. The molecule has 1 aliphatic rings. The zero-order valence-electron chi connectivity index (χ0n) is 17.1. The summed E-state index contributed by atoms with van der Waals surface area (Å²) in [5.41, 5.74) is 1.59. The predicted octanol–water partition coefficient (Wildman–Crippen LogP) is 2.88. The number of aryl methyl sites for hydroxylation is 1. The van der Waals surface area contributed by atoms with Gasteiger partial charge in [0.1, 0.15) is 17.7 Å². The summed E-state index contributed by atoms with van der Waals surface area (Å²) in [6.07, 6.45) is 4.74. The Kier molecular flexibility index (Phi) is 4.77. The molecule has 8 heteroatoms. The molecule has 7 nitrogen and oxygen atoms in total. The van der Waals surface area contributed by atoms with Gasteiger partial charge in [-0.3, -0.25) is 4.79 Å². The Morgan fingerprint density at radius 1 is 1.32 bits per heavy atom. The minimum Gasteiger partial charge on any atom is -0.336 e. The van der Waals surface area contributed by atoms with Gasteiger partial charge >= 0.3 is 5.69 Å². The highest BCUT2D eigenvalue weighted by Crippen LogP contribution is 2.38. The van der Waals surface area contributed by atoms with Crippen LogP contribution in [0, 0.1) is 5.92 Å². The predicted molar refractivity (Wildman–Crippen MR) is 111 cm³/mol. The number of thiophene rings is 1. The van der Waals surface area contributed by atoms with Gasteiger partial charge in [-0.1, -0.05) is 6.92 Å². The van der Waals surface area contributed by atoms with E-state index in [0.29, 0.717) is 11.6 Å². The highest BCUT2D eigenvalue weighted by Gasteiger charge is 2.26. The maximum absolute atomic E-state index is 12.9. The lowest BCUT2D eigenvalue weighted by molar-refractivity contribution is -0.135. The van der Waals surface area contributed by atoms with E-state index in [-0.39, 0.29) is 30.2 Å². The minimum atomic E-state index is -0.311. The van der Waals surface area contributed by atoms with Crippen LogP contribution in [0.25, 0.3) is 15.9 Å². The van der Waals surface area contributed by atoms with Crippen LogP contribution in [-0.4, -0.2) is 42.1 Å². The molecule has 1 aliphatic carbocycles. The van der Waals surface area contributed by atoms with E-state index in [0.717, 1.165) is 29.5 Å². The van der Waals surface area contributed by atoms with E-state index in [4.69, 9.17) is 0 Å². The first-order valence-electron chi connectivity index (χ1n) is 9.97. The zero-order valence-corrected chi connectivity index (χ0v) is 17.9. The molecule has 0 radical (unpaired) electrons. The van der Waals surface area contributed by atoms with Crippen LogP contribution in [0.15, 0.2) is 11.1 Å². The molecule has 0 bridgehead atoms. The lowest BCUT2D eigenvalue weighted by Gasteiger charge is -2.30. The summed E-state index contributed by atoms with van der Waals surface area (Å²) in [6.45, 7) is 10.2.